The fourth-order valence-corrected chi connectivity index (χ4v) is 2.90. The van der Waals surface area contributed by atoms with Gasteiger partial charge in [-0.25, -0.2) is 8.42 Å². The third-order valence-electron chi connectivity index (χ3n) is 2.92. The average molecular weight is 294 g/mol. The minimum atomic E-state index is -5.31. The minimum Gasteiger partial charge on any atom is -0.214 e. The van der Waals surface area contributed by atoms with E-state index < -0.39 is 20.2 Å². The Hall–Kier alpha value is -1.04. The third kappa shape index (κ3) is 3.11. The summed E-state index contributed by atoms with van der Waals surface area (Å²) in [6.45, 7) is 6.93. The van der Waals surface area contributed by atoms with E-state index in [1.54, 1.807) is 33.8 Å². The van der Waals surface area contributed by atoms with E-state index in [1.807, 2.05) is 0 Å². The number of rotatable bonds is 3. The Morgan fingerprint density at radius 1 is 1.00 bits per heavy atom. The standard InChI is InChI=1S/C13H17F3O2S/c1-8(2)10-5-6-11(9(3)4)12(7-10)19(17,18)13(14,15)16/h5-9H,1-4H3. The van der Waals surface area contributed by atoms with Crippen LogP contribution >= 0.6 is 0 Å². The number of alkyl halides is 3. The zero-order chi connectivity index (χ0) is 15.0. The fraction of sp³-hybridized carbons (Fsp3) is 0.538. The highest BCUT2D eigenvalue weighted by Crippen LogP contribution is 2.36. The van der Waals surface area contributed by atoms with Gasteiger partial charge in [-0.05, 0) is 29.0 Å². The predicted octanol–water partition coefficient (Wildman–Crippen LogP) is 4.23. The van der Waals surface area contributed by atoms with Crippen molar-refractivity contribution >= 4 is 9.84 Å². The summed E-state index contributed by atoms with van der Waals surface area (Å²) in [5, 5.41) is 0. The second kappa shape index (κ2) is 5.15. The van der Waals surface area contributed by atoms with Crippen LogP contribution in [0.3, 0.4) is 0 Å². The Morgan fingerprint density at radius 2 is 1.53 bits per heavy atom. The molecule has 0 heterocycles. The van der Waals surface area contributed by atoms with Crippen LogP contribution in [0.15, 0.2) is 23.1 Å². The molecule has 108 valence electrons. The molecule has 2 nitrogen and oxygen atoms in total. The zero-order valence-corrected chi connectivity index (χ0v) is 12.1. The van der Waals surface area contributed by atoms with E-state index in [0.29, 0.717) is 5.56 Å². The quantitative estimate of drug-likeness (QED) is 0.836. The summed E-state index contributed by atoms with van der Waals surface area (Å²) >= 11 is 0. The molecule has 0 saturated carbocycles. The van der Waals surface area contributed by atoms with E-state index >= 15 is 0 Å². The van der Waals surface area contributed by atoms with Crippen LogP contribution in [0.25, 0.3) is 0 Å². The molecule has 0 saturated heterocycles. The molecule has 0 atom stereocenters. The van der Waals surface area contributed by atoms with Crippen LogP contribution in [0.4, 0.5) is 13.2 Å². The molecule has 1 aromatic rings. The molecule has 0 spiro atoms. The second-order valence-electron chi connectivity index (χ2n) is 5.06. The van der Waals surface area contributed by atoms with Crippen LogP contribution in [0.5, 0.6) is 0 Å². The predicted molar refractivity (Wildman–Crippen MR) is 67.9 cm³/mol. The van der Waals surface area contributed by atoms with Crippen molar-refractivity contribution in [3.8, 4) is 0 Å². The van der Waals surface area contributed by atoms with Crippen LogP contribution in [0.1, 0.15) is 50.7 Å². The Balaban J connectivity index is 3.60. The first-order valence-electron chi connectivity index (χ1n) is 5.93. The van der Waals surface area contributed by atoms with Crippen molar-refractivity contribution in [1.82, 2.24) is 0 Å². The molecule has 0 aliphatic rings. The van der Waals surface area contributed by atoms with Crippen molar-refractivity contribution in [1.29, 1.82) is 0 Å². The number of benzene rings is 1. The lowest BCUT2D eigenvalue weighted by Crippen LogP contribution is -2.25. The van der Waals surface area contributed by atoms with Gasteiger partial charge in [0.05, 0.1) is 4.90 Å². The van der Waals surface area contributed by atoms with Gasteiger partial charge in [0, 0.05) is 0 Å². The van der Waals surface area contributed by atoms with Gasteiger partial charge in [-0.2, -0.15) is 13.2 Å². The largest absolute Gasteiger partial charge is 0.501 e. The maximum Gasteiger partial charge on any atom is 0.501 e. The molecule has 0 aliphatic carbocycles. The molecule has 0 unspecified atom stereocenters. The van der Waals surface area contributed by atoms with Crippen molar-refractivity contribution < 1.29 is 21.6 Å². The van der Waals surface area contributed by atoms with Gasteiger partial charge >= 0.3 is 5.51 Å². The Kier molecular flexibility index (Phi) is 4.34. The summed E-state index contributed by atoms with van der Waals surface area (Å²) in [6.07, 6.45) is 0. The zero-order valence-electron chi connectivity index (χ0n) is 11.2. The van der Waals surface area contributed by atoms with Gasteiger partial charge in [0.1, 0.15) is 0 Å². The summed E-state index contributed by atoms with van der Waals surface area (Å²) < 4.78 is 61.4. The maximum atomic E-state index is 12.7. The first-order valence-corrected chi connectivity index (χ1v) is 7.42. The second-order valence-corrected chi connectivity index (χ2v) is 6.97. The van der Waals surface area contributed by atoms with Crippen molar-refractivity contribution in [2.24, 2.45) is 0 Å². The van der Waals surface area contributed by atoms with Crippen molar-refractivity contribution in [3.05, 3.63) is 29.3 Å². The van der Waals surface area contributed by atoms with Gasteiger partial charge in [0.2, 0.25) is 0 Å². The monoisotopic (exact) mass is 294 g/mol. The number of hydrogen-bond acceptors (Lipinski definition) is 2. The number of sulfone groups is 1. The fourth-order valence-electron chi connectivity index (χ4n) is 1.74. The molecule has 0 bridgehead atoms. The first kappa shape index (κ1) is 16.0. The lowest BCUT2D eigenvalue weighted by atomic mass is 9.97. The number of halogens is 3. The molecule has 0 N–H and O–H groups in total. The normalized spacial score (nSPS) is 13.3. The lowest BCUT2D eigenvalue weighted by Gasteiger charge is -2.17. The van der Waals surface area contributed by atoms with E-state index in [9.17, 15) is 21.6 Å². The molecule has 19 heavy (non-hydrogen) atoms. The van der Waals surface area contributed by atoms with Crippen LogP contribution in [-0.2, 0) is 9.84 Å². The molecule has 0 amide bonds. The van der Waals surface area contributed by atoms with Crippen LogP contribution in [-0.4, -0.2) is 13.9 Å². The average Bonchev–Trinajstić information content (AvgIpc) is 2.26. The summed E-state index contributed by atoms with van der Waals surface area (Å²) in [4.78, 5) is -0.624. The highest BCUT2D eigenvalue weighted by molar-refractivity contribution is 7.92. The van der Waals surface area contributed by atoms with E-state index in [4.69, 9.17) is 0 Å². The first-order chi connectivity index (χ1) is 8.48. The van der Waals surface area contributed by atoms with Crippen LogP contribution in [0.2, 0.25) is 0 Å². The van der Waals surface area contributed by atoms with Crippen molar-refractivity contribution in [3.63, 3.8) is 0 Å². The Labute approximate surface area is 111 Å². The third-order valence-corrected chi connectivity index (χ3v) is 4.46. The lowest BCUT2D eigenvalue weighted by molar-refractivity contribution is -0.0436. The molecule has 0 fully saturated rings. The molecule has 0 radical (unpaired) electrons. The van der Waals surface area contributed by atoms with E-state index in [2.05, 4.69) is 0 Å². The van der Waals surface area contributed by atoms with Crippen molar-refractivity contribution in [2.45, 2.75) is 49.9 Å². The summed E-state index contributed by atoms with van der Waals surface area (Å²) in [5.74, 6) is -0.336. The van der Waals surface area contributed by atoms with Crippen LogP contribution < -0.4 is 0 Å². The van der Waals surface area contributed by atoms with E-state index in [-0.39, 0.29) is 17.4 Å². The minimum absolute atomic E-state index is 0.0385. The molecule has 1 rings (SSSR count). The van der Waals surface area contributed by atoms with Gasteiger partial charge in [0.25, 0.3) is 9.84 Å². The molecule has 0 aliphatic heterocycles. The topological polar surface area (TPSA) is 34.1 Å². The van der Waals surface area contributed by atoms with Crippen LogP contribution in [0, 0.1) is 0 Å². The van der Waals surface area contributed by atoms with E-state index in [1.165, 1.54) is 6.07 Å². The van der Waals surface area contributed by atoms with Gasteiger partial charge in [-0.1, -0.05) is 39.8 Å². The molecular weight excluding hydrogens is 277 g/mol. The molecule has 0 aromatic heterocycles. The van der Waals surface area contributed by atoms with E-state index in [0.717, 1.165) is 6.07 Å². The summed E-state index contributed by atoms with van der Waals surface area (Å²) in [7, 11) is -5.31. The molecule has 1 aromatic carbocycles. The SMILES string of the molecule is CC(C)c1ccc(C(C)C)c(S(=O)(=O)C(F)(F)F)c1. The maximum absolute atomic E-state index is 12.7. The Bertz CT molecular complexity index is 558. The van der Waals surface area contributed by atoms with Crippen molar-refractivity contribution in [2.75, 3.05) is 0 Å². The summed E-state index contributed by atoms with van der Waals surface area (Å²) in [5.41, 5.74) is -4.50. The summed E-state index contributed by atoms with van der Waals surface area (Å²) in [6, 6.07) is 4.29. The highest BCUT2D eigenvalue weighted by Gasteiger charge is 2.48. The van der Waals surface area contributed by atoms with Gasteiger partial charge in [-0.3, -0.25) is 0 Å². The highest BCUT2D eigenvalue weighted by atomic mass is 32.2. The number of hydrogen-bond donors (Lipinski definition) is 0. The van der Waals surface area contributed by atoms with Gasteiger partial charge < -0.3 is 0 Å². The van der Waals surface area contributed by atoms with Gasteiger partial charge in [-0.15, -0.1) is 0 Å². The molecule has 6 heteroatoms. The Morgan fingerprint density at radius 3 is 1.89 bits per heavy atom. The smallest absolute Gasteiger partial charge is 0.214 e. The molecular formula is C13H17F3O2S. The van der Waals surface area contributed by atoms with Gasteiger partial charge in [0.15, 0.2) is 0 Å².